The van der Waals surface area contributed by atoms with Gasteiger partial charge in [-0.25, -0.2) is 8.42 Å². The SMILES string of the molecule is COc1cc(-n2cccc2)c(Cl)cc1C(=O)Nc1ccc(S(=O)(=O)N2CCCC2)cc1. The zero-order valence-electron chi connectivity index (χ0n) is 16.9. The molecule has 0 unspecified atom stereocenters. The molecular formula is C22H22ClN3O4S. The average molecular weight is 460 g/mol. The van der Waals surface area contributed by atoms with Crippen molar-refractivity contribution in [1.29, 1.82) is 0 Å². The van der Waals surface area contributed by atoms with Crippen LogP contribution in [0.5, 0.6) is 5.75 Å². The van der Waals surface area contributed by atoms with Crippen LogP contribution >= 0.6 is 11.6 Å². The Bertz CT molecular complexity index is 1190. The third kappa shape index (κ3) is 4.32. The molecular weight excluding hydrogens is 438 g/mol. The van der Waals surface area contributed by atoms with Gasteiger partial charge in [-0.1, -0.05) is 11.6 Å². The van der Waals surface area contributed by atoms with Crippen molar-refractivity contribution >= 4 is 33.2 Å². The summed E-state index contributed by atoms with van der Waals surface area (Å²) >= 11 is 6.40. The second-order valence-corrected chi connectivity index (χ2v) is 9.53. The highest BCUT2D eigenvalue weighted by Gasteiger charge is 2.27. The molecule has 1 fully saturated rings. The summed E-state index contributed by atoms with van der Waals surface area (Å²) in [5.74, 6) is -0.0354. The molecule has 1 saturated heterocycles. The van der Waals surface area contributed by atoms with E-state index in [1.807, 2.05) is 29.1 Å². The standard InChI is InChI=1S/C22H22ClN3O4S/c1-30-21-15-20(25-10-2-3-11-25)19(23)14-18(21)22(27)24-16-6-8-17(9-7-16)31(28,29)26-12-4-5-13-26/h2-3,6-11,14-15H,4-5,12-13H2,1H3,(H,24,27). The minimum absolute atomic E-state index is 0.212. The number of amides is 1. The number of sulfonamides is 1. The molecule has 0 bridgehead atoms. The van der Waals surface area contributed by atoms with Crippen LogP contribution in [0.1, 0.15) is 23.2 Å². The second-order valence-electron chi connectivity index (χ2n) is 7.18. The van der Waals surface area contributed by atoms with Crippen LogP contribution in [0.4, 0.5) is 5.69 Å². The Morgan fingerprint density at radius 3 is 2.32 bits per heavy atom. The van der Waals surface area contributed by atoms with Crippen molar-refractivity contribution in [3.8, 4) is 11.4 Å². The van der Waals surface area contributed by atoms with Crippen molar-refractivity contribution in [2.75, 3.05) is 25.5 Å². The van der Waals surface area contributed by atoms with E-state index in [2.05, 4.69) is 5.32 Å². The number of nitrogens with zero attached hydrogens (tertiary/aromatic N) is 2. The summed E-state index contributed by atoms with van der Waals surface area (Å²) in [5, 5.41) is 3.17. The van der Waals surface area contributed by atoms with Gasteiger partial charge < -0.3 is 14.6 Å². The van der Waals surface area contributed by atoms with E-state index in [0.717, 1.165) is 12.8 Å². The summed E-state index contributed by atoms with van der Waals surface area (Å²) in [7, 11) is -2.01. The normalized spacial score (nSPS) is 14.5. The largest absolute Gasteiger partial charge is 0.496 e. The molecule has 4 rings (SSSR count). The van der Waals surface area contributed by atoms with E-state index in [-0.39, 0.29) is 10.5 Å². The fourth-order valence-corrected chi connectivity index (χ4v) is 5.35. The molecule has 9 heteroatoms. The van der Waals surface area contributed by atoms with Crippen molar-refractivity contribution < 1.29 is 17.9 Å². The van der Waals surface area contributed by atoms with Crippen LogP contribution in [0.15, 0.2) is 65.8 Å². The monoisotopic (exact) mass is 459 g/mol. The molecule has 1 amide bonds. The summed E-state index contributed by atoms with van der Waals surface area (Å²) in [6.07, 6.45) is 5.44. The molecule has 3 aromatic rings. The summed E-state index contributed by atoms with van der Waals surface area (Å²) in [5.41, 5.74) is 1.44. The van der Waals surface area contributed by atoms with Gasteiger partial charge >= 0.3 is 0 Å². The van der Waals surface area contributed by atoms with Gasteiger partial charge in [-0.15, -0.1) is 0 Å². The highest BCUT2D eigenvalue weighted by molar-refractivity contribution is 7.89. The average Bonchev–Trinajstić information content (AvgIpc) is 3.48. The number of nitrogens with one attached hydrogen (secondary N) is 1. The molecule has 1 aromatic heterocycles. The Hall–Kier alpha value is -2.81. The lowest BCUT2D eigenvalue weighted by molar-refractivity contribution is 0.102. The van der Waals surface area contributed by atoms with Crippen molar-refractivity contribution in [3.05, 3.63) is 71.5 Å². The van der Waals surface area contributed by atoms with Crippen molar-refractivity contribution in [2.45, 2.75) is 17.7 Å². The van der Waals surface area contributed by atoms with Crippen LogP contribution in [0.25, 0.3) is 5.69 Å². The highest BCUT2D eigenvalue weighted by Crippen LogP contribution is 2.31. The first-order chi connectivity index (χ1) is 14.9. The topological polar surface area (TPSA) is 80.6 Å². The first kappa shape index (κ1) is 21.4. The van der Waals surface area contributed by atoms with Gasteiger partial charge in [-0.3, -0.25) is 4.79 Å². The maximum absolute atomic E-state index is 12.9. The summed E-state index contributed by atoms with van der Waals surface area (Å²) < 4.78 is 34.0. The fraction of sp³-hybridized carbons (Fsp3) is 0.227. The zero-order chi connectivity index (χ0) is 22.0. The van der Waals surface area contributed by atoms with Gasteiger partial charge in [-0.05, 0) is 55.3 Å². The maximum atomic E-state index is 12.9. The van der Waals surface area contributed by atoms with Crippen LogP contribution in [0.3, 0.4) is 0 Å². The van der Waals surface area contributed by atoms with Crippen LogP contribution in [0, 0.1) is 0 Å². The molecule has 1 N–H and O–H groups in total. The Balaban J connectivity index is 1.55. The lowest BCUT2D eigenvalue weighted by Gasteiger charge is -2.16. The molecule has 31 heavy (non-hydrogen) atoms. The lowest BCUT2D eigenvalue weighted by Crippen LogP contribution is -2.27. The summed E-state index contributed by atoms with van der Waals surface area (Å²) in [6.45, 7) is 1.08. The molecule has 162 valence electrons. The third-order valence-electron chi connectivity index (χ3n) is 5.21. The van der Waals surface area contributed by atoms with Crippen molar-refractivity contribution in [1.82, 2.24) is 8.87 Å². The number of anilines is 1. The molecule has 2 aromatic carbocycles. The Morgan fingerprint density at radius 2 is 1.71 bits per heavy atom. The Morgan fingerprint density at radius 1 is 1.06 bits per heavy atom. The van der Waals surface area contributed by atoms with E-state index in [0.29, 0.717) is 35.2 Å². The van der Waals surface area contributed by atoms with E-state index < -0.39 is 15.9 Å². The Kier molecular flexibility index (Phi) is 6.04. The lowest BCUT2D eigenvalue weighted by atomic mass is 10.1. The third-order valence-corrected chi connectivity index (χ3v) is 7.43. The number of hydrogen-bond acceptors (Lipinski definition) is 4. The molecule has 0 radical (unpaired) electrons. The molecule has 0 atom stereocenters. The van der Waals surface area contributed by atoms with E-state index in [1.165, 1.54) is 23.5 Å². The van der Waals surface area contributed by atoms with Gasteiger partial charge in [0.1, 0.15) is 5.75 Å². The van der Waals surface area contributed by atoms with Gasteiger partial charge in [0.25, 0.3) is 5.91 Å². The summed E-state index contributed by atoms with van der Waals surface area (Å²) in [4.78, 5) is 13.1. The zero-order valence-corrected chi connectivity index (χ0v) is 18.5. The molecule has 1 aliphatic rings. The van der Waals surface area contributed by atoms with E-state index >= 15 is 0 Å². The minimum Gasteiger partial charge on any atom is -0.496 e. The Labute approximate surface area is 186 Å². The van der Waals surface area contributed by atoms with Gasteiger partial charge in [0, 0.05) is 37.2 Å². The van der Waals surface area contributed by atoms with Gasteiger partial charge in [0.2, 0.25) is 10.0 Å². The van der Waals surface area contributed by atoms with Crippen molar-refractivity contribution in [3.63, 3.8) is 0 Å². The number of ether oxygens (including phenoxy) is 1. The first-order valence-electron chi connectivity index (χ1n) is 9.82. The molecule has 0 aliphatic carbocycles. The van der Waals surface area contributed by atoms with E-state index in [1.54, 1.807) is 24.3 Å². The number of carbonyl (C=O) groups is 1. The summed E-state index contributed by atoms with van der Waals surface area (Å²) in [6, 6.07) is 13.1. The number of benzene rings is 2. The van der Waals surface area contributed by atoms with E-state index in [9.17, 15) is 13.2 Å². The van der Waals surface area contributed by atoms with Crippen molar-refractivity contribution in [2.24, 2.45) is 0 Å². The number of carbonyl (C=O) groups excluding carboxylic acids is 1. The molecule has 1 aliphatic heterocycles. The first-order valence-corrected chi connectivity index (χ1v) is 11.6. The number of rotatable bonds is 6. The smallest absolute Gasteiger partial charge is 0.259 e. The van der Waals surface area contributed by atoms with Crippen LogP contribution in [-0.2, 0) is 10.0 Å². The van der Waals surface area contributed by atoms with Crippen LogP contribution in [0.2, 0.25) is 5.02 Å². The minimum atomic E-state index is -3.50. The van der Waals surface area contributed by atoms with Crippen LogP contribution < -0.4 is 10.1 Å². The number of halogens is 1. The number of hydrogen-bond donors (Lipinski definition) is 1. The highest BCUT2D eigenvalue weighted by atomic mass is 35.5. The van der Waals surface area contributed by atoms with Crippen LogP contribution in [-0.4, -0.2) is 43.4 Å². The predicted octanol–water partition coefficient (Wildman–Crippen LogP) is 4.18. The quantitative estimate of drug-likeness (QED) is 0.599. The molecule has 0 spiro atoms. The van der Waals surface area contributed by atoms with E-state index in [4.69, 9.17) is 16.3 Å². The predicted molar refractivity (Wildman–Crippen MR) is 120 cm³/mol. The fourth-order valence-electron chi connectivity index (χ4n) is 3.57. The van der Waals surface area contributed by atoms with Gasteiger partial charge in [-0.2, -0.15) is 4.31 Å². The molecule has 7 nitrogen and oxygen atoms in total. The number of aromatic nitrogens is 1. The second kappa shape index (κ2) is 8.74. The van der Waals surface area contributed by atoms with Gasteiger partial charge in [0.15, 0.2) is 0 Å². The van der Waals surface area contributed by atoms with Gasteiger partial charge in [0.05, 0.1) is 28.3 Å². The number of methoxy groups -OCH3 is 1. The molecule has 0 saturated carbocycles. The molecule has 2 heterocycles. The maximum Gasteiger partial charge on any atom is 0.259 e.